The van der Waals surface area contributed by atoms with Crippen LogP contribution in [0, 0.1) is 5.92 Å². The molecule has 1 saturated carbocycles. The molecule has 5 heteroatoms. The molecule has 1 aromatic rings. The highest BCUT2D eigenvalue weighted by atomic mass is 16.5. The molecule has 0 radical (unpaired) electrons. The fourth-order valence-corrected chi connectivity index (χ4v) is 2.95. The summed E-state index contributed by atoms with van der Waals surface area (Å²) in [5.41, 5.74) is 1.15. The number of amides is 1. The van der Waals surface area contributed by atoms with Crippen LogP contribution in [0.15, 0.2) is 24.3 Å². The van der Waals surface area contributed by atoms with Crippen LogP contribution in [-0.4, -0.2) is 49.6 Å². The van der Waals surface area contributed by atoms with Crippen LogP contribution < -0.4 is 15.4 Å². The topological polar surface area (TPSA) is 53.6 Å². The van der Waals surface area contributed by atoms with Crippen molar-refractivity contribution in [2.75, 3.05) is 32.8 Å². The lowest BCUT2D eigenvalue weighted by molar-refractivity contribution is -0.123. The predicted molar refractivity (Wildman–Crippen MR) is 90.4 cm³/mol. The summed E-state index contributed by atoms with van der Waals surface area (Å²) in [7, 11) is 0. The number of nitrogens with one attached hydrogen (secondary N) is 2. The summed E-state index contributed by atoms with van der Waals surface area (Å²) in [4.78, 5) is 14.3. The summed E-state index contributed by atoms with van der Waals surface area (Å²) in [5.74, 6) is 1.49. The van der Waals surface area contributed by atoms with Gasteiger partial charge in [-0.15, -0.1) is 0 Å². The molecule has 1 aliphatic heterocycles. The van der Waals surface area contributed by atoms with E-state index in [4.69, 9.17) is 4.74 Å². The van der Waals surface area contributed by atoms with Crippen molar-refractivity contribution in [2.45, 2.75) is 32.4 Å². The van der Waals surface area contributed by atoms with Crippen LogP contribution in [-0.2, 0) is 11.3 Å². The Morgan fingerprint density at radius 3 is 3.00 bits per heavy atom. The molecule has 0 bridgehead atoms. The highest BCUT2D eigenvalue weighted by molar-refractivity contribution is 5.77. The molecule has 1 amide bonds. The van der Waals surface area contributed by atoms with Gasteiger partial charge in [-0.2, -0.15) is 0 Å². The van der Waals surface area contributed by atoms with Crippen molar-refractivity contribution in [2.24, 2.45) is 5.92 Å². The molecule has 0 aromatic heterocycles. The second-order valence-corrected chi connectivity index (χ2v) is 6.73. The summed E-state index contributed by atoms with van der Waals surface area (Å²) >= 11 is 0. The smallest absolute Gasteiger partial charge is 0.257 e. The number of para-hydroxylation sites is 1. The predicted octanol–water partition coefficient (Wildman–Crippen LogP) is 1.39. The number of benzene rings is 1. The minimum atomic E-state index is -0.0255. The van der Waals surface area contributed by atoms with Gasteiger partial charge in [-0.3, -0.25) is 9.69 Å². The SMILES string of the molecule is C[C@H]1CN(Cc2ccccc2OCC(=O)NCC2CC2)CCN1. The zero-order chi connectivity index (χ0) is 16.1. The van der Waals surface area contributed by atoms with Crippen molar-refractivity contribution >= 4 is 5.91 Å². The van der Waals surface area contributed by atoms with Gasteiger partial charge in [0, 0.05) is 44.3 Å². The van der Waals surface area contributed by atoms with E-state index in [-0.39, 0.29) is 12.5 Å². The molecule has 1 atom stereocenters. The van der Waals surface area contributed by atoms with Crippen LogP contribution in [0.4, 0.5) is 0 Å². The van der Waals surface area contributed by atoms with Gasteiger partial charge in [0.15, 0.2) is 6.61 Å². The minimum absolute atomic E-state index is 0.0255. The molecule has 1 saturated heterocycles. The lowest BCUT2D eigenvalue weighted by Crippen LogP contribution is -2.48. The zero-order valence-electron chi connectivity index (χ0n) is 13.9. The van der Waals surface area contributed by atoms with E-state index in [2.05, 4.69) is 28.5 Å². The molecule has 0 spiro atoms. The van der Waals surface area contributed by atoms with Gasteiger partial charge in [0.25, 0.3) is 5.91 Å². The quantitative estimate of drug-likeness (QED) is 0.798. The Hall–Kier alpha value is -1.59. The summed E-state index contributed by atoms with van der Waals surface area (Å²) in [6.45, 7) is 7.07. The lowest BCUT2D eigenvalue weighted by atomic mass is 10.1. The van der Waals surface area contributed by atoms with Crippen molar-refractivity contribution in [3.8, 4) is 5.75 Å². The maximum Gasteiger partial charge on any atom is 0.257 e. The average molecular weight is 317 g/mol. The third-order valence-electron chi connectivity index (χ3n) is 4.46. The van der Waals surface area contributed by atoms with Crippen molar-refractivity contribution in [1.29, 1.82) is 0 Å². The molecule has 0 unspecified atom stereocenters. The Labute approximate surface area is 138 Å². The van der Waals surface area contributed by atoms with Gasteiger partial charge in [-0.05, 0) is 31.7 Å². The van der Waals surface area contributed by atoms with Gasteiger partial charge >= 0.3 is 0 Å². The standard InChI is InChI=1S/C18H27N3O2/c1-14-11-21(9-8-19-14)12-16-4-2-3-5-17(16)23-13-18(22)20-10-15-6-7-15/h2-5,14-15,19H,6-13H2,1H3,(H,20,22)/t14-/m0/s1. The second kappa shape index (κ2) is 7.79. The summed E-state index contributed by atoms with van der Waals surface area (Å²) in [5, 5.41) is 6.39. The van der Waals surface area contributed by atoms with E-state index in [0.717, 1.165) is 44.0 Å². The number of nitrogens with zero attached hydrogens (tertiary/aromatic N) is 1. The van der Waals surface area contributed by atoms with E-state index in [1.165, 1.54) is 12.8 Å². The first-order chi connectivity index (χ1) is 11.2. The molecular formula is C18H27N3O2. The fraction of sp³-hybridized carbons (Fsp3) is 0.611. The van der Waals surface area contributed by atoms with Crippen LogP contribution >= 0.6 is 0 Å². The van der Waals surface area contributed by atoms with Gasteiger partial charge < -0.3 is 15.4 Å². The number of ether oxygens (including phenoxy) is 1. The Balaban J connectivity index is 1.51. The van der Waals surface area contributed by atoms with Gasteiger partial charge in [0.1, 0.15) is 5.75 Å². The minimum Gasteiger partial charge on any atom is -0.483 e. The number of hydrogen-bond donors (Lipinski definition) is 2. The molecule has 1 aromatic carbocycles. The highest BCUT2D eigenvalue weighted by Crippen LogP contribution is 2.27. The van der Waals surface area contributed by atoms with Crippen LogP contribution in [0.3, 0.4) is 0 Å². The molecule has 3 rings (SSSR count). The molecule has 126 valence electrons. The second-order valence-electron chi connectivity index (χ2n) is 6.73. The Morgan fingerprint density at radius 2 is 2.22 bits per heavy atom. The van der Waals surface area contributed by atoms with E-state index in [1.54, 1.807) is 0 Å². The first-order valence-corrected chi connectivity index (χ1v) is 8.64. The van der Waals surface area contributed by atoms with Gasteiger partial charge in [-0.25, -0.2) is 0 Å². The molecule has 23 heavy (non-hydrogen) atoms. The Morgan fingerprint density at radius 1 is 1.39 bits per heavy atom. The summed E-state index contributed by atoms with van der Waals surface area (Å²) < 4.78 is 5.77. The van der Waals surface area contributed by atoms with E-state index < -0.39 is 0 Å². The van der Waals surface area contributed by atoms with Gasteiger partial charge in [0.05, 0.1) is 0 Å². The molecule has 1 heterocycles. The number of carbonyl (C=O) groups excluding carboxylic acids is 1. The van der Waals surface area contributed by atoms with Gasteiger partial charge in [0.2, 0.25) is 0 Å². The molecule has 1 aliphatic carbocycles. The third-order valence-corrected chi connectivity index (χ3v) is 4.46. The van der Waals surface area contributed by atoms with Crippen LogP contribution in [0.5, 0.6) is 5.75 Å². The third kappa shape index (κ3) is 5.22. The first-order valence-electron chi connectivity index (χ1n) is 8.64. The van der Waals surface area contributed by atoms with E-state index in [9.17, 15) is 4.79 Å². The largest absolute Gasteiger partial charge is 0.483 e. The van der Waals surface area contributed by atoms with E-state index in [1.807, 2.05) is 18.2 Å². The van der Waals surface area contributed by atoms with Crippen LogP contribution in [0.2, 0.25) is 0 Å². The maximum atomic E-state index is 11.8. The fourth-order valence-electron chi connectivity index (χ4n) is 2.95. The average Bonchev–Trinajstić information content (AvgIpc) is 3.36. The molecule has 2 fully saturated rings. The summed E-state index contributed by atoms with van der Waals surface area (Å²) in [6.07, 6.45) is 2.49. The van der Waals surface area contributed by atoms with Crippen molar-refractivity contribution in [3.63, 3.8) is 0 Å². The van der Waals surface area contributed by atoms with Gasteiger partial charge in [-0.1, -0.05) is 18.2 Å². The molecule has 5 nitrogen and oxygen atoms in total. The normalized spacial score (nSPS) is 21.9. The lowest BCUT2D eigenvalue weighted by Gasteiger charge is -2.32. The van der Waals surface area contributed by atoms with Crippen molar-refractivity contribution < 1.29 is 9.53 Å². The van der Waals surface area contributed by atoms with Crippen molar-refractivity contribution in [3.05, 3.63) is 29.8 Å². The van der Waals surface area contributed by atoms with Crippen LogP contribution in [0.25, 0.3) is 0 Å². The van der Waals surface area contributed by atoms with E-state index >= 15 is 0 Å². The van der Waals surface area contributed by atoms with Crippen molar-refractivity contribution in [1.82, 2.24) is 15.5 Å². The zero-order valence-corrected chi connectivity index (χ0v) is 13.9. The highest BCUT2D eigenvalue weighted by Gasteiger charge is 2.22. The Kier molecular flexibility index (Phi) is 5.51. The Bertz CT molecular complexity index is 531. The maximum absolute atomic E-state index is 11.8. The number of piperazine rings is 1. The molecule has 2 aliphatic rings. The molecule has 2 N–H and O–H groups in total. The molecular weight excluding hydrogens is 290 g/mol. The number of hydrogen-bond acceptors (Lipinski definition) is 4. The number of rotatable bonds is 7. The van der Waals surface area contributed by atoms with E-state index in [0.29, 0.717) is 12.0 Å². The monoisotopic (exact) mass is 317 g/mol. The van der Waals surface area contributed by atoms with Crippen LogP contribution in [0.1, 0.15) is 25.3 Å². The first kappa shape index (κ1) is 16.3. The number of carbonyl (C=O) groups is 1. The summed E-state index contributed by atoms with van der Waals surface area (Å²) in [6, 6.07) is 8.55.